The Labute approximate surface area is 222 Å². The molecule has 5 rings (SSSR count). The standard InChI is InChI=1S/C31H31N3O2S/c1-31(2,3)25-15-13-22(14-16-25)19-27-29(36)34(26-11-5-4-6-12-26)30(32-27)37-21-28(35)33-18-17-23-9-7-8-10-24(23)20-33/h4-16,19H,17-18,20-21H2,1-3H3/b27-19+. The van der Waals surface area contributed by atoms with E-state index >= 15 is 0 Å². The maximum atomic E-state index is 13.5. The SMILES string of the molecule is CC(C)(C)c1ccc(/C=C2/N=C(SCC(=O)N3CCc4ccccc4C3)N(c3ccccc3)C2=O)cc1. The highest BCUT2D eigenvalue weighted by molar-refractivity contribution is 8.14. The van der Waals surface area contributed by atoms with Crippen LogP contribution in [0.2, 0.25) is 0 Å². The molecule has 2 aliphatic rings. The van der Waals surface area contributed by atoms with Gasteiger partial charge in [0.2, 0.25) is 5.91 Å². The molecule has 0 fully saturated rings. The van der Waals surface area contributed by atoms with Crippen LogP contribution < -0.4 is 4.90 Å². The second-order valence-electron chi connectivity index (χ2n) is 10.4. The fourth-order valence-corrected chi connectivity index (χ4v) is 5.48. The van der Waals surface area contributed by atoms with Crippen LogP contribution in [0.5, 0.6) is 0 Å². The molecule has 5 nitrogen and oxygen atoms in total. The summed E-state index contributed by atoms with van der Waals surface area (Å²) in [5.74, 6) is 0.0938. The van der Waals surface area contributed by atoms with Crippen molar-refractivity contribution in [2.45, 2.75) is 39.2 Å². The predicted octanol–water partition coefficient (Wildman–Crippen LogP) is 6.05. The van der Waals surface area contributed by atoms with Crippen LogP contribution in [-0.4, -0.2) is 34.2 Å². The summed E-state index contributed by atoms with van der Waals surface area (Å²) in [6.45, 7) is 7.86. The van der Waals surface area contributed by atoms with Gasteiger partial charge < -0.3 is 4.90 Å². The van der Waals surface area contributed by atoms with Crippen molar-refractivity contribution >= 4 is 40.5 Å². The number of carbonyl (C=O) groups excluding carboxylic acids is 2. The van der Waals surface area contributed by atoms with Crippen LogP contribution in [0.4, 0.5) is 5.69 Å². The normalized spacial score (nSPS) is 16.7. The van der Waals surface area contributed by atoms with Crippen LogP contribution in [0.25, 0.3) is 6.08 Å². The third-order valence-corrected chi connectivity index (χ3v) is 7.66. The van der Waals surface area contributed by atoms with Crippen molar-refractivity contribution in [3.05, 3.63) is 107 Å². The molecule has 2 aliphatic heterocycles. The second kappa shape index (κ2) is 10.4. The number of hydrogen-bond donors (Lipinski definition) is 0. The Morgan fingerprint density at radius 1 is 0.946 bits per heavy atom. The molecule has 3 aromatic rings. The quantitative estimate of drug-likeness (QED) is 0.403. The number of amidine groups is 1. The van der Waals surface area contributed by atoms with E-state index in [1.165, 1.54) is 28.5 Å². The second-order valence-corrected chi connectivity index (χ2v) is 11.3. The molecule has 0 aromatic heterocycles. The Hall–Kier alpha value is -3.64. The topological polar surface area (TPSA) is 53.0 Å². The summed E-state index contributed by atoms with van der Waals surface area (Å²) in [6.07, 6.45) is 2.69. The number of thioether (sulfide) groups is 1. The van der Waals surface area contributed by atoms with Crippen molar-refractivity contribution in [2.75, 3.05) is 17.2 Å². The molecule has 0 aliphatic carbocycles. The summed E-state index contributed by atoms with van der Waals surface area (Å²) in [5.41, 5.74) is 5.84. The molecular weight excluding hydrogens is 478 g/mol. The molecule has 0 unspecified atom stereocenters. The van der Waals surface area contributed by atoms with E-state index in [0.717, 1.165) is 17.7 Å². The molecule has 0 spiro atoms. The molecule has 188 valence electrons. The monoisotopic (exact) mass is 509 g/mol. The summed E-state index contributed by atoms with van der Waals surface area (Å²) < 4.78 is 0. The Kier molecular flexibility index (Phi) is 7.02. The lowest BCUT2D eigenvalue weighted by Crippen LogP contribution is -2.38. The maximum Gasteiger partial charge on any atom is 0.283 e. The first-order valence-corrected chi connectivity index (χ1v) is 13.6. The van der Waals surface area contributed by atoms with Crippen molar-refractivity contribution in [3.8, 4) is 0 Å². The van der Waals surface area contributed by atoms with Gasteiger partial charge in [-0.1, -0.05) is 99.3 Å². The zero-order chi connectivity index (χ0) is 26.0. The highest BCUT2D eigenvalue weighted by Gasteiger charge is 2.33. The molecule has 0 radical (unpaired) electrons. The lowest BCUT2D eigenvalue weighted by atomic mass is 9.87. The lowest BCUT2D eigenvalue weighted by Gasteiger charge is -2.29. The molecule has 0 N–H and O–H groups in total. The van der Waals surface area contributed by atoms with E-state index in [4.69, 9.17) is 4.99 Å². The lowest BCUT2D eigenvalue weighted by molar-refractivity contribution is -0.129. The van der Waals surface area contributed by atoms with E-state index < -0.39 is 0 Å². The number of nitrogens with zero attached hydrogens (tertiary/aromatic N) is 3. The number of anilines is 1. The van der Waals surface area contributed by atoms with Crippen molar-refractivity contribution in [3.63, 3.8) is 0 Å². The molecule has 6 heteroatoms. The molecule has 2 amide bonds. The van der Waals surface area contributed by atoms with E-state index in [9.17, 15) is 9.59 Å². The molecule has 0 bridgehead atoms. The first kappa shape index (κ1) is 25.0. The van der Waals surface area contributed by atoms with E-state index in [2.05, 4.69) is 45.0 Å². The zero-order valence-electron chi connectivity index (χ0n) is 21.5. The third-order valence-electron chi connectivity index (χ3n) is 6.73. The van der Waals surface area contributed by atoms with Crippen molar-refractivity contribution in [1.82, 2.24) is 4.90 Å². The van der Waals surface area contributed by atoms with Gasteiger partial charge in [-0.25, -0.2) is 4.99 Å². The predicted molar refractivity (Wildman–Crippen MR) is 153 cm³/mol. The number of rotatable bonds is 4. The fraction of sp³-hybridized carbons (Fsp3) is 0.258. The maximum absolute atomic E-state index is 13.5. The summed E-state index contributed by atoms with van der Waals surface area (Å²) in [5, 5.41) is 0.527. The first-order valence-electron chi connectivity index (χ1n) is 12.6. The Balaban J connectivity index is 1.36. The van der Waals surface area contributed by atoms with Gasteiger partial charge in [-0.2, -0.15) is 0 Å². The minimum absolute atomic E-state index is 0.0536. The van der Waals surface area contributed by atoms with Gasteiger partial charge in [0.15, 0.2) is 5.17 Å². The zero-order valence-corrected chi connectivity index (χ0v) is 22.3. The summed E-state index contributed by atoms with van der Waals surface area (Å²) >= 11 is 1.32. The van der Waals surface area contributed by atoms with Gasteiger partial charge in [-0.3, -0.25) is 14.5 Å². The number of benzene rings is 3. The number of hydrogen-bond acceptors (Lipinski definition) is 4. The van der Waals surface area contributed by atoms with Crippen molar-refractivity contribution in [1.29, 1.82) is 0 Å². The van der Waals surface area contributed by atoms with Crippen LogP contribution in [0.3, 0.4) is 0 Å². The average Bonchev–Trinajstić information content (AvgIpc) is 3.21. The molecule has 0 atom stereocenters. The van der Waals surface area contributed by atoms with Gasteiger partial charge in [0.05, 0.1) is 11.4 Å². The van der Waals surface area contributed by atoms with E-state index in [0.29, 0.717) is 24.0 Å². The minimum Gasteiger partial charge on any atom is -0.337 e. The van der Waals surface area contributed by atoms with Crippen LogP contribution in [-0.2, 0) is 28.0 Å². The van der Waals surface area contributed by atoms with Gasteiger partial charge in [0, 0.05) is 13.1 Å². The van der Waals surface area contributed by atoms with Crippen LogP contribution in [0.1, 0.15) is 43.0 Å². The van der Waals surface area contributed by atoms with E-state index in [1.54, 1.807) is 4.90 Å². The number of aliphatic imine (C=N–C) groups is 1. The van der Waals surface area contributed by atoms with Crippen LogP contribution in [0, 0.1) is 0 Å². The highest BCUT2D eigenvalue weighted by atomic mass is 32.2. The van der Waals surface area contributed by atoms with Crippen molar-refractivity contribution < 1.29 is 9.59 Å². The molecule has 2 heterocycles. The van der Waals surface area contributed by atoms with Crippen molar-refractivity contribution in [2.24, 2.45) is 4.99 Å². The van der Waals surface area contributed by atoms with Gasteiger partial charge in [0.25, 0.3) is 5.91 Å². The van der Waals surface area contributed by atoms with Gasteiger partial charge in [0.1, 0.15) is 5.70 Å². The van der Waals surface area contributed by atoms with Crippen LogP contribution >= 0.6 is 11.8 Å². The molecule has 3 aromatic carbocycles. The van der Waals surface area contributed by atoms with Crippen LogP contribution in [0.15, 0.2) is 89.6 Å². The number of amides is 2. The summed E-state index contributed by atoms with van der Waals surface area (Å²) in [7, 11) is 0. The van der Waals surface area contributed by atoms with Gasteiger partial charge >= 0.3 is 0 Å². The van der Waals surface area contributed by atoms with Gasteiger partial charge in [-0.05, 0) is 52.3 Å². The first-order chi connectivity index (χ1) is 17.8. The van der Waals surface area contributed by atoms with Gasteiger partial charge in [-0.15, -0.1) is 0 Å². The molecular formula is C31H31N3O2S. The minimum atomic E-state index is -0.187. The molecule has 37 heavy (non-hydrogen) atoms. The molecule has 0 saturated carbocycles. The van der Waals surface area contributed by atoms with E-state index in [-0.39, 0.29) is 23.0 Å². The third kappa shape index (κ3) is 5.54. The summed E-state index contributed by atoms with van der Waals surface area (Å²) in [4.78, 5) is 34.8. The smallest absolute Gasteiger partial charge is 0.283 e. The Bertz CT molecular complexity index is 1370. The Morgan fingerprint density at radius 2 is 1.62 bits per heavy atom. The fourth-order valence-electron chi connectivity index (χ4n) is 4.56. The average molecular weight is 510 g/mol. The molecule has 0 saturated heterocycles. The number of para-hydroxylation sites is 1. The van der Waals surface area contributed by atoms with E-state index in [1.807, 2.05) is 65.6 Å². The highest BCUT2D eigenvalue weighted by Crippen LogP contribution is 2.30. The largest absolute Gasteiger partial charge is 0.337 e. The Morgan fingerprint density at radius 3 is 2.32 bits per heavy atom. The summed E-state index contributed by atoms with van der Waals surface area (Å²) in [6, 6.07) is 26.0. The number of fused-ring (bicyclic) bond motifs is 1. The number of carbonyl (C=O) groups is 2.